The number of carboxylic acid groups (broad SMARTS) is 1. The number of hydrogen-bond donors (Lipinski definition) is 2. The molecule has 1 fully saturated rings. The Balaban J connectivity index is 2.64. The maximum Gasteiger partial charge on any atom is 0.303 e. The fraction of sp³-hybridized carbons (Fsp3) is 0.923. The summed E-state index contributed by atoms with van der Waals surface area (Å²) in [5.74, 6) is -0.709. The molecule has 1 rings (SSSR count). The largest absolute Gasteiger partial charge is 0.481 e. The van der Waals surface area contributed by atoms with Crippen LogP contribution in [0.5, 0.6) is 0 Å². The average Bonchev–Trinajstić information content (AvgIpc) is 2.13. The summed E-state index contributed by atoms with van der Waals surface area (Å²) < 4.78 is 0. The van der Waals surface area contributed by atoms with Crippen molar-refractivity contribution in [3.8, 4) is 0 Å². The summed E-state index contributed by atoms with van der Waals surface area (Å²) in [5.41, 5.74) is 0.241. The van der Waals surface area contributed by atoms with Gasteiger partial charge in [-0.15, -0.1) is 0 Å². The lowest BCUT2D eigenvalue weighted by molar-refractivity contribution is -0.137. The van der Waals surface area contributed by atoms with Crippen LogP contribution in [-0.2, 0) is 4.79 Å². The van der Waals surface area contributed by atoms with Crippen LogP contribution in [0.1, 0.15) is 47.5 Å². The lowest BCUT2D eigenvalue weighted by Gasteiger charge is -2.52. The Kier molecular flexibility index (Phi) is 4.20. The summed E-state index contributed by atoms with van der Waals surface area (Å²) in [7, 11) is 0. The van der Waals surface area contributed by atoms with Crippen LogP contribution in [-0.4, -0.2) is 46.2 Å². The summed E-state index contributed by atoms with van der Waals surface area (Å²) >= 11 is 0. The van der Waals surface area contributed by atoms with Crippen molar-refractivity contribution in [3.05, 3.63) is 0 Å². The molecule has 1 aliphatic rings. The van der Waals surface area contributed by atoms with Crippen molar-refractivity contribution in [3.63, 3.8) is 0 Å². The minimum Gasteiger partial charge on any atom is -0.481 e. The number of aliphatic carboxylic acids is 1. The second kappa shape index (κ2) is 4.94. The number of hydrogen-bond acceptors (Lipinski definition) is 3. The third-order valence-corrected chi connectivity index (χ3v) is 3.47. The van der Waals surface area contributed by atoms with Crippen LogP contribution in [0.25, 0.3) is 0 Å². The van der Waals surface area contributed by atoms with Crippen molar-refractivity contribution in [2.24, 2.45) is 0 Å². The van der Waals surface area contributed by atoms with Crippen LogP contribution >= 0.6 is 0 Å². The van der Waals surface area contributed by atoms with E-state index in [1.54, 1.807) is 0 Å². The van der Waals surface area contributed by atoms with Crippen LogP contribution in [0.3, 0.4) is 0 Å². The fourth-order valence-corrected chi connectivity index (χ4v) is 2.69. The molecule has 0 aromatic carbocycles. The molecule has 1 atom stereocenters. The van der Waals surface area contributed by atoms with E-state index in [-0.39, 0.29) is 17.5 Å². The molecule has 0 aliphatic carbocycles. The summed E-state index contributed by atoms with van der Waals surface area (Å²) in [4.78, 5) is 13.1. The number of rotatable bonds is 3. The van der Waals surface area contributed by atoms with E-state index in [0.717, 1.165) is 13.1 Å². The molecule has 4 heteroatoms. The molecule has 1 saturated heterocycles. The third-order valence-electron chi connectivity index (χ3n) is 3.47. The van der Waals surface area contributed by atoms with Crippen molar-refractivity contribution in [2.75, 3.05) is 13.1 Å². The van der Waals surface area contributed by atoms with Crippen LogP contribution in [0.4, 0.5) is 0 Å². The Hall–Kier alpha value is -0.610. The fourth-order valence-electron chi connectivity index (χ4n) is 2.69. The molecule has 0 spiro atoms. The number of nitrogens with one attached hydrogen (secondary N) is 1. The topological polar surface area (TPSA) is 52.6 Å². The third kappa shape index (κ3) is 3.96. The molecule has 1 aliphatic heterocycles. The van der Waals surface area contributed by atoms with Crippen molar-refractivity contribution in [1.82, 2.24) is 10.2 Å². The highest BCUT2D eigenvalue weighted by Crippen LogP contribution is 2.28. The molecular formula is C13H26N2O2. The number of nitrogens with zero attached hydrogens (tertiary/aromatic N) is 1. The Morgan fingerprint density at radius 3 is 2.53 bits per heavy atom. The molecule has 2 N–H and O–H groups in total. The van der Waals surface area contributed by atoms with E-state index in [1.807, 2.05) is 0 Å². The van der Waals surface area contributed by atoms with E-state index in [9.17, 15) is 4.79 Å². The highest BCUT2D eigenvalue weighted by molar-refractivity contribution is 5.66. The first kappa shape index (κ1) is 14.5. The summed E-state index contributed by atoms with van der Waals surface area (Å²) in [6.45, 7) is 13.0. The van der Waals surface area contributed by atoms with E-state index in [1.165, 1.54) is 0 Å². The minimum atomic E-state index is -0.709. The van der Waals surface area contributed by atoms with E-state index in [2.05, 4.69) is 44.8 Å². The Morgan fingerprint density at radius 2 is 2.06 bits per heavy atom. The smallest absolute Gasteiger partial charge is 0.303 e. The van der Waals surface area contributed by atoms with Crippen molar-refractivity contribution >= 4 is 5.97 Å². The molecule has 0 bridgehead atoms. The van der Waals surface area contributed by atoms with Crippen LogP contribution in [0.15, 0.2) is 0 Å². The number of carboxylic acids is 1. The van der Waals surface area contributed by atoms with Gasteiger partial charge < -0.3 is 10.4 Å². The first-order valence-corrected chi connectivity index (χ1v) is 6.36. The molecular weight excluding hydrogens is 216 g/mol. The van der Waals surface area contributed by atoms with Gasteiger partial charge in [0.15, 0.2) is 0 Å². The van der Waals surface area contributed by atoms with Gasteiger partial charge in [-0.2, -0.15) is 0 Å². The summed E-state index contributed by atoms with van der Waals surface area (Å²) in [6.07, 6.45) is 0.952. The quantitative estimate of drug-likeness (QED) is 0.791. The summed E-state index contributed by atoms with van der Waals surface area (Å²) in [6, 6.07) is 0.290. The molecule has 0 aromatic heterocycles. The zero-order valence-electron chi connectivity index (χ0n) is 11.7. The maximum atomic E-state index is 10.6. The van der Waals surface area contributed by atoms with Gasteiger partial charge >= 0.3 is 5.97 Å². The zero-order chi connectivity index (χ0) is 13.3. The monoisotopic (exact) mass is 242 g/mol. The van der Waals surface area contributed by atoms with Gasteiger partial charge in [-0.25, -0.2) is 0 Å². The molecule has 0 aromatic rings. The van der Waals surface area contributed by atoms with Gasteiger partial charge in [0.2, 0.25) is 0 Å². The van der Waals surface area contributed by atoms with Gasteiger partial charge in [-0.3, -0.25) is 9.69 Å². The highest BCUT2D eigenvalue weighted by Gasteiger charge is 2.39. The second-order valence-electron chi connectivity index (χ2n) is 6.60. The van der Waals surface area contributed by atoms with E-state index < -0.39 is 5.97 Å². The predicted octanol–water partition coefficient (Wildman–Crippen LogP) is 1.70. The van der Waals surface area contributed by atoms with Crippen LogP contribution < -0.4 is 5.32 Å². The Morgan fingerprint density at radius 1 is 1.47 bits per heavy atom. The first-order valence-electron chi connectivity index (χ1n) is 6.36. The second-order valence-corrected chi connectivity index (χ2v) is 6.60. The van der Waals surface area contributed by atoms with Crippen LogP contribution in [0, 0.1) is 0 Å². The predicted molar refractivity (Wildman–Crippen MR) is 69.2 cm³/mol. The minimum absolute atomic E-state index is 0.118. The molecule has 1 heterocycles. The SMILES string of the molecule is CC(C)(C)N1CC(CCC(=O)O)NCC1(C)C. The zero-order valence-corrected chi connectivity index (χ0v) is 11.7. The van der Waals surface area contributed by atoms with E-state index in [4.69, 9.17) is 5.11 Å². The lowest BCUT2D eigenvalue weighted by Crippen LogP contribution is -2.66. The van der Waals surface area contributed by atoms with Crippen LogP contribution in [0.2, 0.25) is 0 Å². The van der Waals surface area contributed by atoms with Gasteiger partial charge in [-0.05, 0) is 41.0 Å². The molecule has 0 amide bonds. The first-order chi connectivity index (χ1) is 7.63. The normalized spacial score (nSPS) is 25.8. The molecule has 4 nitrogen and oxygen atoms in total. The van der Waals surface area contributed by atoms with E-state index >= 15 is 0 Å². The standard InChI is InChI=1S/C13H26N2O2/c1-12(2,3)15-8-10(6-7-11(16)17)14-9-13(15,4)5/h10,14H,6-9H2,1-5H3,(H,16,17). The molecule has 0 saturated carbocycles. The van der Waals surface area contributed by atoms with Gasteiger partial charge in [0, 0.05) is 36.6 Å². The summed E-state index contributed by atoms with van der Waals surface area (Å²) in [5, 5.41) is 12.2. The van der Waals surface area contributed by atoms with Crippen molar-refractivity contribution in [1.29, 1.82) is 0 Å². The Bertz CT molecular complexity index is 282. The van der Waals surface area contributed by atoms with Gasteiger partial charge in [0.25, 0.3) is 0 Å². The van der Waals surface area contributed by atoms with Crippen molar-refractivity contribution in [2.45, 2.75) is 64.6 Å². The highest BCUT2D eigenvalue weighted by atomic mass is 16.4. The molecule has 100 valence electrons. The van der Waals surface area contributed by atoms with Gasteiger partial charge in [0.05, 0.1) is 0 Å². The lowest BCUT2D eigenvalue weighted by atomic mass is 9.89. The van der Waals surface area contributed by atoms with E-state index in [0.29, 0.717) is 12.5 Å². The maximum absolute atomic E-state index is 10.6. The van der Waals surface area contributed by atoms with Gasteiger partial charge in [-0.1, -0.05) is 0 Å². The molecule has 1 unspecified atom stereocenters. The Labute approximate surface area is 104 Å². The van der Waals surface area contributed by atoms with Gasteiger partial charge in [0.1, 0.15) is 0 Å². The molecule has 17 heavy (non-hydrogen) atoms. The van der Waals surface area contributed by atoms with Crippen molar-refractivity contribution < 1.29 is 9.90 Å². The number of piperazine rings is 1. The number of carbonyl (C=O) groups is 1. The molecule has 0 radical (unpaired) electrons. The average molecular weight is 242 g/mol.